The van der Waals surface area contributed by atoms with E-state index in [-0.39, 0.29) is 28.4 Å². The van der Waals surface area contributed by atoms with Crippen LogP contribution in [0.2, 0.25) is 0 Å². The number of aromatic nitrogens is 1. The molecule has 0 saturated heterocycles. The van der Waals surface area contributed by atoms with E-state index in [0.29, 0.717) is 17.8 Å². The molecule has 0 N–H and O–H groups in total. The Hall–Kier alpha value is -5.56. The lowest BCUT2D eigenvalue weighted by Gasteiger charge is -2.44. The van der Waals surface area contributed by atoms with E-state index in [2.05, 4.69) is 206 Å². The summed E-state index contributed by atoms with van der Waals surface area (Å²) in [6.45, 7) is 25.2. The Morgan fingerprint density at radius 3 is 1.94 bits per heavy atom. The average Bonchev–Trinajstić information content (AvgIpc) is 4.00. The van der Waals surface area contributed by atoms with E-state index in [1.165, 1.54) is 52.5 Å². The van der Waals surface area contributed by atoms with Crippen molar-refractivity contribution in [2.45, 2.75) is 105 Å². The molecule has 0 saturated carbocycles. The summed E-state index contributed by atoms with van der Waals surface area (Å²) in [5, 5.41) is 3.50. The van der Waals surface area contributed by atoms with Crippen molar-refractivity contribution in [1.29, 1.82) is 0 Å². The minimum Gasteiger partial charge on any atom is -0.311 e. The molecular formula is C59H58BN3S2. The first kappa shape index (κ1) is 38.7. The van der Waals surface area contributed by atoms with Gasteiger partial charge in [-0.1, -0.05) is 149 Å². The number of rotatable bonds is 3. The summed E-state index contributed by atoms with van der Waals surface area (Å²) in [6, 6.07) is 43.4. The van der Waals surface area contributed by atoms with E-state index >= 15 is 0 Å². The van der Waals surface area contributed by atoms with Gasteiger partial charge in [0.15, 0.2) is 0 Å². The fourth-order valence-electron chi connectivity index (χ4n) is 11.0. The molecule has 0 unspecified atom stereocenters. The van der Waals surface area contributed by atoms with Crippen molar-refractivity contribution >= 4 is 110 Å². The second-order valence-electron chi connectivity index (χ2n) is 22.8. The van der Waals surface area contributed by atoms with Gasteiger partial charge in [0, 0.05) is 48.8 Å². The molecule has 0 atom stereocenters. The quantitative estimate of drug-likeness (QED) is 0.164. The lowest BCUT2D eigenvalue weighted by molar-refractivity contribution is 0.394. The molecule has 3 nitrogen and oxygen atoms in total. The normalized spacial score (nSPS) is 16.0. The van der Waals surface area contributed by atoms with Gasteiger partial charge in [0.05, 0.1) is 29.2 Å². The Kier molecular flexibility index (Phi) is 8.18. The third-order valence-corrected chi connectivity index (χ3v) is 16.9. The molecular weight excluding hydrogens is 826 g/mol. The van der Waals surface area contributed by atoms with Gasteiger partial charge in [-0.3, -0.25) is 0 Å². The number of hydrogen-bond donors (Lipinski definition) is 0. The average molecular weight is 886 g/mol. The van der Waals surface area contributed by atoms with Gasteiger partial charge in [0.25, 0.3) is 6.71 Å². The molecule has 3 aromatic heterocycles. The standard InChI is InChI=1S/C59H58BN3S2/c1-56(2,3)35-23-26-38(27-24-35)63-48-32-40(62-45-21-14-12-19-41(45)54-53(62)42-20-13-15-22-49(42)64-54)31-47-52(48)60(51-43-33-59(10,11)34-50(43)65-55(51)63)44-28-25-37(58(7,8)9)30-46(44)61(47)39-18-16-17-36(29-39)57(4,5)6/h12-32H,33-34H2,1-11H3/i31D,32D. The number of hydrogen-bond acceptors (Lipinski definition) is 4. The summed E-state index contributed by atoms with van der Waals surface area (Å²) in [5.74, 6) is 0. The van der Waals surface area contributed by atoms with E-state index in [0.717, 1.165) is 68.5 Å². The largest absolute Gasteiger partial charge is 0.311 e. The first-order chi connectivity index (χ1) is 31.7. The summed E-state index contributed by atoms with van der Waals surface area (Å²) in [7, 11) is 0. The minimum absolute atomic E-state index is 0.0198. The Bertz CT molecular complexity index is 3550. The number of para-hydroxylation sites is 1. The maximum atomic E-state index is 11.0. The molecule has 65 heavy (non-hydrogen) atoms. The highest BCUT2D eigenvalue weighted by Crippen LogP contribution is 2.53. The van der Waals surface area contributed by atoms with E-state index in [1.807, 2.05) is 11.3 Å². The van der Waals surface area contributed by atoms with Crippen molar-refractivity contribution in [3.63, 3.8) is 0 Å². The zero-order chi connectivity index (χ0) is 46.9. The number of fused-ring (bicyclic) bond motifs is 11. The predicted molar refractivity (Wildman–Crippen MR) is 285 cm³/mol. The predicted octanol–water partition coefficient (Wildman–Crippen LogP) is 15.2. The highest BCUT2D eigenvalue weighted by atomic mass is 32.1. The maximum absolute atomic E-state index is 11.0. The maximum Gasteiger partial charge on any atom is 0.253 e. The molecule has 0 fully saturated rings. The van der Waals surface area contributed by atoms with Crippen LogP contribution < -0.4 is 26.2 Å². The summed E-state index contributed by atoms with van der Waals surface area (Å²) in [5.41, 5.74) is 16.4. The highest BCUT2D eigenvalue weighted by Gasteiger charge is 2.49. The van der Waals surface area contributed by atoms with Crippen LogP contribution >= 0.6 is 22.7 Å². The molecule has 6 heteroatoms. The van der Waals surface area contributed by atoms with Gasteiger partial charge < -0.3 is 14.4 Å². The third kappa shape index (κ3) is 6.19. The summed E-state index contributed by atoms with van der Waals surface area (Å²) < 4.78 is 26.7. The zero-order valence-corrected chi connectivity index (χ0v) is 41.3. The SMILES string of the molecule is [2H]c1c2c3c(c([2H])c1-n1c4ccccc4c4sc5ccccc5c41)N(c1ccc(C(C)(C)C)cc1)c1sc4c(c1B3c1ccc(C(C)(C)C)cc1N2c1cccc(C(C)(C)C)c1)CC(C)(C)C4. The van der Waals surface area contributed by atoms with Gasteiger partial charge in [-0.2, -0.15) is 0 Å². The summed E-state index contributed by atoms with van der Waals surface area (Å²) in [6.07, 6.45) is 2.02. The Morgan fingerprint density at radius 2 is 1.22 bits per heavy atom. The number of anilines is 6. The topological polar surface area (TPSA) is 11.4 Å². The number of nitrogens with zero attached hydrogens (tertiary/aromatic N) is 3. The van der Waals surface area contributed by atoms with Gasteiger partial charge in [-0.05, 0) is 128 Å². The summed E-state index contributed by atoms with van der Waals surface area (Å²) in [4.78, 5) is 6.33. The highest BCUT2D eigenvalue weighted by molar-refractivity contribution is 7.26. The molecule has 12 rings (SSSR count). The molecule has 5 heterocycles. The van der Waals surface area contributed by atoms with Crippen LogP contribution in [0.1, 0.15) is 106 Å². The summed E-state index contributed by atoms with van der Waals surface area (Å²) >= 11 is 3.74. The van der Waals surface area contributed by atoms with Gasteiger partial charge in [-0.25, -0.2) is 0 Å². The molecule has 9 aromatic rings. The van der Waals surface area contributed by atoms with Crippen molar-refractivity contribution in [2.24, 2.45) is 5.41 Å². The van der Waals surface area contributed by atoms with Gasteiger partial charge >= 0.3 is 0 Å². The minimum atomic E-state index is -0.171. The molecule has 1 aliphatic carbocycles. The van der Waals surface area contributed by atoms with Crippen molar-refractivity contribution in [3.05, 3.63) is 154 Å². The molecule has 324 valence electrons. The fourth-order valence-corrected chi connectivity index (χ4v) is 13.9. The molecule has 0 amide bonds. The van der Waals surface area contributed by atoms with Crippen molar-refractivity contribution in [2.75, 3.05) is 9.80 Å². The van der Waals surface area contributed by atoms with E-state index in [1.54, 1.807) is 11.3 Å². The molecule has 0 spiro atoms. The smallest absolute Gasteiger partial charge is 0.253 e. The number of benzene rings is 6. The second-order valence-corrected chi connectivity index (χ2v) is 24.9. The van der Waals surface area contributed by atoms with Crippen LogP contribution in [0.15, 0.2) is 127 Å². The lowest BCUT2D eigenvalue weighted by atomic mass is 9.33. The van der Waals surface area contributed by atoms with Gasteiger partial charge in [0.2, 0.25) is 0 Å². The third-order valence-electron chi connectivity index (χ3n) is 14.4. The van der Waals surface area contributed by atoms with Crippen molar-refractivity contribution < 1.29 is 2.74 Å². The monoisotopic (exact) mass is 885 g/mol. The van der Waals surface area contributed by atoms with Crippen LogP contribution in [0.4, 0.5) is 33.4 Å². The van der Waals surface area contributed by atoms with Crippen LogP contribution in [0.5, 0.6) is 0 Å². The lowest BCUT2D eigenvalue weighted by Crippen LogP contribution is -2.61. The first-order valence-corrected chi connectivity index (χ1v) is 25.0. The van der Waals surface area contributed by atoms with E-state index in [9.17, 15) is 2.74 Å². The molecule has 3 aliphatic rings. The van der Waals surface area contributed by atoms with Gasteiger partial charge in [-0.15, -0.1) is 22.7 Å². The molecule has 2 aliphatic heterocycles. The van der Waals surface area contributed by atoms with E-state index in [4.69, 9.17) is 0 Å². The molecule has 6 aromatic carbocycles. The Labute approximate surface area is 396 Å². The van der Waals surface area contributed by atoms with Crippen LogP contribution in [0.25, 0.3) is 36.9 Å². The first-order valence-electron chi connectivity index (χ1n) is 24.4. The van der Waals surface area contributed by atoms with Crippen LogP contribution in [-0.2, 0) is 29.1 Å². The molecule has 0 bridgehead atoms. The number of thiophene rings is 2. The van der Waals surface area contributed by atoms with Crippen molar-refractivity contribution in [1.82, 2.24) is 4.57 Å². The van der Waals surface area contributed by atoms with Crippen LogP contribution in [0, 0.1) is 5.41 Å². The van der Waals surface area contributed by atoms with Crippen LogP contribution in [-0.4, -0.2) is 11.3 Å². The Morgan fingerprint density at radius 1 is 0.569 bits per heavy atom. The Balaban J connectivity index is 1.29. The van der Waals surface area contributed by atoms with Crippen molar-refractivity contribution in [3.8, 4) is 5.69 Å². The van der Waals surface area contributed by atoms with Gasteiger partial charge in [0.1, 0.15) is 0 Å². The zero-order valence-electron chi connectivity index (χ0n) is 41.6. The van der Waals surface area contributed by atoms with Crippen LogP contribution in [0.3, 0.4) is 0 Å². The van der Waals surface area contributed by atoms with E-state index < -0.39 is 0 Å². The molecule has 0 radical (unpaired) electrons. The second kappa shape index (κ2) is 13.7. The fraction of sp³-hybridized carbons (Fsp3) is 0.288.